The Labute approximate surface area is 163 Å². The summed E-state index contributed by atoms with van der Waals surface area (Å²) in [5.41, 5.74) is 4.24. The van der Waals surface area contributed by atoms with Crippen LogP contribution in [0.25, 0.3) is 11.2 Å². The number of sulfonamides is 1. The van der Waals surface area contributed by atoms with Gasteiger partial charge < -0.3 is 9.88 Å². The van der Waals surface area contributed by atoms with Crippen molar-refractivity contribution < 1.29 is 13.2 Å². The van der Waals surface area contributed by atoms with Crippen LogP contribution in [0.3, 0.4) is 0 Å². The number of nitrogens with one attached hydrogen (secondary N) is 1. The molecule has 2 aromatic heterocycles. The van der Waals surface area contributed by atoms with Crippen LogP contribution in [0.1, 0.15) is 28.4 Å². The minimum Gasteiger partial charge on any atom is -0.322 e. The lowest BCUT2D eigenvalue weighted by atomic mass is 9.99. The number of anilines is 1. The zero-order valence-corrected chi connectivity index (χ0v) is 16.5. The summed E-state index contributed by atoms with van der Waals surface area (Å²) in [6, 6.07) is 7.23. The molecule has 0 saturated heterocycles. The van der Waals surface area contributed by atoms with Crippen molar-refractivity contribution in [3.05, 3.63) is 53.5 Å². The number of aromatic nitrogens is 3. The molecule has 1 amide bonds. The van der Waals surface area contributed by atoms with Crippen molar-refractivity contribution in [2.75, 3.05) is 17.6 Å². The summed E-state index contributed by atoms with van der Waals surface area (Å²) >= 11 is 0. The van der Waals surface area contributed by atoms with E-state index < -0.39 is 10.0 Å². The number of aryl methyl sites for hydroxylation is 1. The monoisotopic (exact) mass is 399 g/mol. The third-order valence-corrected chi connectivity index (χ3v) is 6.91. The Bertz CT molecular complexity index is 1170. The first-order valence-corrected chi connectivity index (χ1v) is 10.7. The van der Waals surface area contributed by atoms with E-state index in [0.717, 1.165) is 11.1 Å². The second-order valence-corrected chi connectivity index (χ2v) is 9.03. The van der Waals surface area contributed by atoms with Gasteiger partial charge in [-0.1, -0.05) is 12.1 Å². The van der Waals surface area contributed by atoms with Crippen molar-refractivity contribution in [3.63, 3.8) is 0 Å². The first-order chi connectivity index (χ1) is 13.4. The quantitative estimate of drug-likeness (QED) is 0.723. The maximum absolute atomic E-state index is 12.9. The van der Waals surface area contributed by atoms with Crippen LogP contribution in [0.15, 0.2) is 36.8 Å². The lowest BCUT2D eigenvalue weighted by Crippen LogP contribution is -2.37. The van der Waals surface area contributed by atoms with Gasteiger partial charge in [0.15, 0.2) is 5.65 Å². The molecule has 0 fully saturated rings. The SMILES string of the molecule is CCS(=O)(=O)N1CCc2c(cccc2NC(=O)c2ccnc3c2ncn3C)C1. The zero-order valence-electron chi connectivity index (χ0n) is 15.7. The number of carbonyl (C=O) groups is 1. The largest absolute Gasteiger partial charge is 0.322 e. The number of hydrogen-bond donors (Lipinski definition) is 1. The molecule has 3 heterocycles. The van der Waals surface area contributed by atoms with Crippen molar-refractivity contribution in [3.8, 4) is 0 Å². The van der Waals surface area contributed by atoms with Crippen LogP contribution in [0.5, 0.6) is 0 Å². The van der Waals surface area contributed by atoms with E-state index in [1.807, 2.05) is 25.2 Å². The molecule has 0 atom stereocenters. The molecule has 1 aliphatic heterocycles. The molecule has 0 bridgehead atoms. The van der Waals surface area contributed by atoms with Crippen molar-refractivity contribution >= 4 is 32.8 Å². The van der Waals surface area contributed by atoms with E-state index in [0.29, 0.717) is 41.9 Å². The van der Waals surface area contributed by atoms with E-state index in [2.05, 4.69) is 15.3 Å². The lowest BCUT2D eigenvalue weighted by Gasteiger charge is -2.29. The molecule has 4 rings (SSSR count). The molecule has 0 saturated carbocycles. The standard InChI is InChI=1S/C19H21N5O3S/c1-3-28(26,27)24-10-8-14-13(11-24)5-4-6-16(14)22-19(25)15-7-9-20-18-17(15)21-12-23(18)2/h4-7,9,12H,3,8,10-11H2,1-2H3,(H,22,25). The number of carbonyl (C=O) groups excluding carboxylic acids is 1. The fraction of sp³-hybridized carbons (Fsp3) is 0.316. The van der Waals surface area contributed by atoms with Gasteiger partial charge in [-0.25, -0.2) is 18.4 Å². The number of benzene rings is 1. The van der Waals surface area contributed by atoms with Crippen LogP contribution in [0.4, 0.5) is 5.69 Å². The topological polar surface area (TPSA) is 97.2 Å². The Morgan fingerprint density at radius 2 is 2.07 bits per heavy atom. The van der Waals surface area contributed by atoms with Gasteiger partial charge in [0, 0.05) is 32.0 Å². The number of fused-ring (bicyclic) bond motifs is 2. The predicted molar refractivity (Wildman–Crippen MR) is 106 cm³/mol. The Morgan fingerprint density at radius 3 is 2.86 bits per heavy atom. The van der Waals surface area contributed by atoms with E-state index >= 15 is 0 Å². The summed E-state index contributed by atoms with van der Waals surface area (Å²) in [5, 5.41) is 2.97. The molecule has 3 aromatic rings. The maximum atomic E-state index is 12.9. The van der Waals surface area contributed by atoms with Crippen LogP contribution in [-0.4, -0.2) is 45.5 Å². The summed E-state index contributed by atoms with van der Waals surface area (Å²) in [6.45, 7) is 2.39. The number of pyridine rings is 1. The molecule has 0 spiro atoms. The average molecular weight is 399 g/mol. The van der Waals surface area contributed by atoms with Gasteiger partial charge in [-0.3, -0.25) is 4.79 Å². The van der Waals surface area contributed by atoms with E-state index in [4.69, 9.17) is 0 Å². The summed E-state index contributed by atoms with van der Waals surface area (Å²) in [5.74, 6) is -0.177. The van der Waals surface area contributed by atoms with Gasteiger partial charge in [-0.15, -0.1) is 0 Å². The Morgan fingerprint density at radius 1 is 1.25 bits per heavy atom. The van der Waals surface area contributed by atoms with Crippen LogP contribution >= 0.6 is 0 Å². The first kappa shape index (κ1) is 18.6. The first-order valence-electron chi connectivity index (χ1n) is 9.06. The van der Waals surface area contributed by atoms with E-state index in [1.54, 1.807) is 30.1 Å². The number of rotatable bonds is 4. The summed E-state index contributed by atoms with van der Waals surface area (Å²) < 4.78 is 27.6. The molecular weight excluding hydrogens is 378 g/mol. The van der Waals surface area contributed by atoms with Crippen LogP contribution < -0.4 is 5.32 Å². The summed E-state index contributed by atoms with van der Waals surface area (Å²) in [6.07, 6.45) is 3.77. The maximum Gasteiger partial charge on any atom is 0.258 e. The van der Waals surface area contributed by atoms with Gasteiger partial charge >= 0.3 is 0 Å². The third-order valence-electron chi connectivity index (χ3n) is 5.08. The molecule has 1 aromatic carbocycles. The molecule has 8 nitrogen and oxygen atoms in total. The third kappa shape index (κ3) is 3.16. The van der Waals surface area contributed by atoms with Crippen molar-refractivity contribution in [1.82, 2.24) is 18.8 Å². The molecule has 9 heteroatoms. The van der Waals surface area contributed by atoms with Crippen LogP contribution in [-0.2, 0) is 30.0 Å². The Hall–Kier alpha value is -2.78. The highest BCUT2D eigenvalue weighted by Gasteiger charge is 2.27. The number of amides is 1. The van der Waals surface area contributed by atoms with Gasteiger partial charge in [0.2, 0.25) is 10.0 Å². The fourth-order valence-electron chi connectivity index (χ4n) is 3.52. The van der Waals surface area contributed by atoms with Crippen molar-refractivity contribution in [2.45, 2.75) is 19.9 Å². The van der Waals surface area contributed by atoms with Gasteiger partial charge in [0.1, 0.15) is 5.52 Å². The molecule has 0 radical (unpaired) electrons. The molecule has 0 unspecified atom stereocenters. The average Bonchev–Trinajstić information content (AvgIpc) is 3.09. The molecule has 1 N–H and O–H groups in total. The highest BCUT2D eigenvalue weighted by molar-refractivity contribution is 7.89. The molecule has 146 valence electrons. The van der Waals surface area contributed by atoms with E-state index in [-0.39, 0.29) is 11.7 Å². The number of imidazole rings is 1. The number of nitrogens with zero attached hydrogens (tertiary/aromatic N) is 4. The second kappa shape index (κ2) is 6.99. The summed E-state index contributed by atoms with van der Waals surface area (Å²) in [4.78, 5) is 21.4. The molecule has 28 heavy (non-hydrogen) atoms. The lowest BCUT2D eigenvalue weighted by molar-refractivity contribution is 0.102. The van der Waals surface area contributed by atoms with Gasteiger partial charge in [-0.05, 0) is 36.6 Å². The minimum atomic E-state index is -3.24. The Kier molecular flexibility index (Phi) is 4.64. The van der Waals surface area contributed by atoms with Gasteiger partial charge in [0.25, 0.3) is 5.91 Å². The highest BCUT2D eigenvalue weighted by Crippen LogP contribution is 2.28. The second-order valence-electron chi connectivity index (χ2n) is 6.77. The summed E-state index contributed by atoms with van der Waals surface area (Å²) in [7, 11) is -1.41. The zero-order chi connectivity index (χ0) is 19.9. The van der Waals surface area contributed by atoms with Crippen LogP contribution in [0, 0.1) is 0 Å². The molecule has 0 aliphatic carbocycles. The van der Waals surface area contributed by atoms with Crippen molar-refractivity contribution in [2.24, 2.45) is 7.05 Å². The fourth-order valence-corrected chi connectivity index (χ4v) is 4.59. The van der Waals surface area contributed by atoms with Crippen molar-refractivity contribution in [1.29, 1.82) is 0 Å². The Balaban J connectivity index is 1.63. The molecule has 1 aliphatic rings. The predicted octanol–water partition coefficient (Wildman–Crippen LogP) is 1.93. The highest BCUT2D eigenvalue weighted by atomic mass is 32.2. The van der Waals surface area contributed by atoms with Gasteiger partial charge in [0.05, 0.1) is 17.6 Å². The number of hydrogen-bond acceptors (Lipinski definition) is 5. The minimum absolute atomic E-state index is 0.0842. The normalized spacial score (nSPS) is 14.8. The molecular formula is C19H21N5O3S. The van der Waals surface area contributed by atoms with E-state index in [1.165, 1.54) is 4.31 Å². The van der Waals surface area contributed by atoms with Gasteiger partial charge in [-0.2, -0.15) is 4.31 Å². The smallest absolute Gasteiger partial charge is 0.258 e. The van der Waals surface area contributed by atoms with Crippen LogP contribution in [0.2, 0.25) is 0 Å². The van der Waals surface area contributed by atoms with E-state index in [9.17, 15) is 13.2 Å².